The van der Waals surface area contributed by atoms with Gasteiger partial charge in [0.05, 0.1) is 5.69 Å². The van der Waals surface area contributed by atoms with Crippen LogP contribution in [0.1, 0.15) is 30.9 Å². The van der Waals surface area contributed by atoms with E-state index < -0.39 is 18.0 Å². The van der Waals surface area contributed by atoms with E-state index in [0.29, 0.717) is 23.2 Å². The molecular weight excluding hydrogens is 298 g/mol. The van der Waals surface area contributed by atoms with Crippen molar-refractivity contribution < 1.29 is 14.7 Å². The molecule has 2 rings (SSSR count). The summed E-state index contributed by atoms with van der Waals surface area (Å²) < 4.78 is 0. The molecule has 3 N–H and O–H groups in total. The fourth-order valence-corrected chi connectivity index (χ4v) is 2.95. The number of urea groups is 1. The van der Waals surface area contributed by atoms with E-state index in [-0.39, 0.29) is 0 Å². The summed E-state index contributed by atoms with van der Waals surface area (Å²) in [5.41, 5.74) is 1.02. The van der Waals surface area contributed by atoms with Crippen molar-refractivity contribution in [1.29, 1.82) is 0 Å². The fourth-order valence-electron chi connectivity index (χ4n) is 1.69. The minimum absolute atomic E-state index is 0.398. The molecule has 1 aliphatic rings. The van der Waals surface area contributed by atoms with Crippen LogP contribution in [0.25, 0.3) is 0 Å². The number of amides is 2. The zero-order valence-corrected chi connectivity index (χ0v) is 12.7. The third-order valence-corrected chi connectivity index (χ3v) is 4.37. The Balaban J connectivity index is 1.84. The van der Waals surface area contributed by atoms with E-state index in [0.717, 1.165) is 18.5 Å². The number of hydrogen-bond donors (Lipinski definition) is 3. The van der Waals surface area contributed by atoms with Crippen LogP contribution in [0, 0.1) is 0 Å². The number of carbonyl (C=O) groups is 2. The van der Waals surface area contributed by atoms with Crippen molar-refractivity contribution in [2.75, 3.05) is 17.3 Å². The highest BCUT2D eigenvalue weighted by Gasteiger charge is 2.26. The van der Waals surface area contributed by atoms with E-state index in [1.165, 1.54) is 11.3 Å². The molecule has 1 saturated carbocycles. The summed E-state index contributed by atoms with van der Waals surface area (Å²) in [7, 11) is 0. The van der Waals surface area contributed by atoms with E-state index in [9.17, 15) is 9.59 Å². The largest absolute Gasteiger partial charge is 0.480 e. The average molecular weight is 315 g/mol. The molecule has 1 aromatic heterocycles. The van der Waals surface area contributed by atoms with Crippen molar-refractivity contribution in [3.05, 3.63) is 11.1 Å². The van der Waals surface area contributed by atoms with Gasteiger partial charge in [0.25, 0.3) is 0 Å². The minimum Gasteiger partial charge on any atom is -0.480 e. The molecule has 1 unspecified atom stereocenters. The predicted molar refractivity (Wildman–Crippen MR) is 80.7 cm³/mol. The predicted octanol–water partition coefficient (Wildman–Crippen LogP) is 2.35. The lowest BCUT2D eigenvalue weighted by atomic mass is 10.2. The van der Waals surface area contributed by atoms with Crippen molar-refractivity contribution in [3.63, 3.8) is 0 Å². The Bertz CT molecular complexity index is 488. The summed E-state index contributed by atoms with van der Waals surface area (Å²) >= 11 is 2.91. The highest BCUT2D eigenvalue weighted by atomic mass is 32.2. The van der Waals surface area contributed by atoms with Gasteiger partial charge in [-0.1, -0.05) is 0 Å². The molecule has 0 saturated heterocycles. The molecular formula is C12H17N3O3S2. The maximum absolute atomic E-state index is 11.8. The molecule has 1 aliphatic carbocycles. The number of carboxylic acid groups (broad SMARTS) is 1. The summed E-state index contributed by atoms with van der Waals surface area (Å²) in [6, 6.07) is -1.39. The maximum Gasteiger partial charge on any atom is 0.326 e. The van der Waals surface area contributed by atoms with Crippen LogP contribution in [-0.2, 0) is 4.79 Å². The Morgan fingerprint density at radius 1 is 1.60 bits per heavy atom. The second-order valence-electron chi connectivity index (χ2n) is 4.62. The van der Waals surface area contributed by atoms with Gasteiger partial charge >= 0.3 is 12.0 Å². The molecule has 6 nitrogen and oxygen atoms in total. The van der Waals surface area contributed by atoms with Crippen molar-refractivity contribution in [3.8, 4) is 0 Å². The number of aliphatic carboxylic acids is 1. The first-order valence-corrected chi connectivity index (χ1v) is 8.62. The Labute approximate surface area is 125 Å². The number of nitrogens with zero attached hydrogens (tertiary/aromatic N) is 1. The second-order valence-corrected chi connectivity index (χ2v) is 6.47. The van der Waals surface area contributed by atoms with Crippen LogP contribution in [0.4, 0.5) is 9.93 Å². The maximum atomic E-state index is 11.8. The van der Waals surface area contributed by atoms with Gasteiger partial charge in [-0.15, -0.1) is 11.3 Å². The highest BCUT2D eigenvalue weighted by Crippen LogP contribution is 2.40. The monoisotopic (exact) mass is 315 g/mol. The van der Waals surface area contributed by atoms with Crippen LogP contribution in [0.3, 0.4) is 0 Å². The summed E-state index contributed by atoms with van der Waals surface area (Å²) in [5, 5.41) is 16.5. The van der Waals surface area contributed by atoms with E-state index in [1.54, 1.807) is 11.8 Å². The first-order valence-electron chi connectivity index (χ1n) is 6.35. The molecule has 1 atom stereocenters. The number of carboxylic acids is 1. The summed E-state index contributed by atoms with van der Waals surface area (Å²) in [6.45, 7) is 0. The SMILES string of the molecule is CSCCC(NC(=O)Nc1nc(C2CC2)cs1)C(=O)O. The van der Waals surface area contributed by atoms with Gasteiger partial charge in [0.15, 0.2) is 5.13 Å². The number of nitrogens with one attached hydrogen (secondary N) is 2. The van der Waals surface area contributed by atoms with Crippen molar-refractivity contribution in [2.24, 2.45) is 0 Å². The lowest BCUT2D eigenvalue weighted by Gasteiger charge is -2.13. The molecule has 20 heavy (non-hydrogen) atoms. The summed E-state index contributed by atoms with van der Waals surface area (Å²) in [4.78, 5) is 27.1. The Morgan fingerprint density at radius 3 is 2.95 bits per heavy atom. The lowest BCUT2D eigenvalue weighted by Crippen LogP contribution is -2.43. The fraction of sp³-hybridized carbons (Fsp3) is 0.583. The number of hydrogen-bond acceptors (Lipinski definition) is 5. The highest BCUT2D eigenvalue weighted by molar-refractivity contribution is 7.98. The Hall–Kier alpha value is -1.28. The second kappa shape index (κ2) is 6.94. The number of thioether (sulfide) groups is 1. The van der Waals surface area contributed by atoms with Gasteiger partial charge in [-0.05, 0) is 31.3 Å². The molecule has 0 aliphatic heterocycles. The van der Waals surface area contributed by atoms with Gasteiger partial charge in [-0.25, -0.2) is 14.6 Å². The van der Waals surface area contributed by atoms with Gasteiger partial charge in [0.2, 0.25) is 0 Å². The first kappa shape index (κ1) is 15.1. The van der Waals surface area contributed by atoms with Crippen LogP contribution in [0.15, 0.2) is 5.38 Å². The number of rotatable bonds is 7. The van der Waals surface area contributed by atoms with E-state index in [4.69, 9.17) is 5.11 Å². The van der Waals surface area contributed by atoms with Gasteiger partial charge < -0.3 is 10.4 Å². The van der Waals surface area contributed by atoms with Crippen molar-refractivity contribution in [1.82, 2.24) is 10.3 Å². The zero-order valence-electron chi connectivity index (χ0n) is 11.1. The quantitative estimate of drug-likeness (QED) is 0.718. The van der Waals surface area contributed by atoms with Crippen LogP contribution < -0.4 is 10.6 Å². The molecule has 8 heteroatoms. The van der Waals surface area contributed by atoms with E-state index in [2.05, 4.69) is 15.6 Å². The summed E-state index contributed by atoms with van der Waals surface area (Å²) in [6.07, 6.45) is 4.61. The van der Waals surface area contributed by atoms with Crippen LogP contribution in [0.2, 0.25) is 0 Å². The molecule has 0 spiro atoms. The van der Waals surface area contributed by atoms with Gasteiger partial charge in [-0.2, -0.15) is 11.8 Å². The molecule has 0 radical (unpaired) electrons. The molecule has 110 valence electrons. The minimum atomic E-state index is -1.02. The number of anilines is 1. The molecule has 2 amide bonds. The van der Waals surface area contributed by atoms with Gasteiger partial charge in [-0.3, -0.25) is 5.32 Å². The van der Waals surface area contributed by atoms with Gasteiger partial charge in [0, 0.05) is 11.3 Å². The first-order chi connectivity index (χ1) is 9.60. The lowest BCUT2D eigenvalue weighted by molar-refractivity contribution is -0.139. The van der Waals surface area contributed by atoms with Crippen LogP contribution in [-0.4, -0.2) is 40.1 Å². The number of aromatic nitrogens is 1. The number of carbonyl (C=O) groups excluding carboxylic acids is 1. The van der Waals surface area contributed by atoms with E-state index >= 15 is 0 Å². The molecule has 0 bridgehead atoms. The van der Waals surface area contributed by atoms with Crippen molar-refractivity contribution >= 4 is 40.2 Å². The van der Waals surface area contributed by atoms with E-state index in [1.807, 2.05) is 11.6 Å². The van der Waals surface area contributed by atoms with Crippen LogP contribution in [0.5, 0.6) is 0 Å². The third kappa shape index (κ3) is 4.38. The van der Waals surface area contributed by atoms with Gasteiger partial charge in [0.1, 0.15) is 6.04 Å². The zero-order chi connectivity index (χ0) is 14.5. The Morgan fingerprint density at radius 2 is 2.35 bits per heavy atom. The molecule has 0 aromatic carbocycles. The van der Waals surface area contributed by atoms with Crippen LogP contribution >= 0.6 is 23.1 Å². The molecule has 1 aromatic rings. The molecule has 1 heterocycles. The standard InChI is InChI=1S/C12H17N3O3S2/c1-19-5-4-8(10(16)17)13-11(18)15-12-14-9(6-20-12)7-2-3-7/h6-8H,2-5H2,1H3,(H,16,17)(H2,13,14,15,18). The summed E-state index contributed by atoms with van der Waals surface area (Å²) in [5.74, 6) is 0.200. The average Bonchev–Trinajstić information content (AvgIpc) is 3.15. The smallest absolute Gasteiger partial charge is 0.326 e. The third-order valence-electron chi connectivity index (χ3n) is 2.95. The topological polar surface area (TPSA) is 91.3 Å². The Kier molecular flexibility index (Phi) is 5.24. The number of thiazole rings is 1. The normalized spacial score (nSPS) is 15.7. The molecule has 1 fully saturated rings. The van der Waals surface area contributed by atoms with Crippen molar-refractivity contribution in [2.45, 2.75) is 31.2 Å².